The van der Waals surface area contributed by atoms with Crippen LogP contribution in [0.15, 0.2) is 65.6 Å². The van der Waals surface area contributed by atoms with E-state index in [0.717, 1.165) is 9.87 Å². The smallest absolute Gasteiger partial charge is 0.327 e. The highest BCUT2D eigenvalue weighted by Gasteiger charge is 2.40. The number of benzene rings is 2. The molecular weight excluding hydrogens is 482 g/mol. The van der Waals surface area contributed by atoms with Gasteiger partial charge in [-0.05, 0) is 37.0 Å². The van der Waals surface area contributed by atoms with Crippen molar-refractivity contribution >= 4 is 31.9 Å². The fourth-order valence-corrected chi connectivity index (χ4v) is 6.41. The molecule has 12 heteroatoms. The van der Waals surface area contributed by atoms with Gasteiger partial charge in [0.15, 0.2) is 0 Å². The van der Waals surface area contributed by atoms with E-state index in [1.165, 1.54) is 12.1 Å². The Morgan fingerprint density at radius 1 is 1.00 bits per heavy atom. The largest absolute Gasteiger partial charge is 0.480 e. The van der Waals surface area contributed by atoms with Crippen LogP contribution in [0.1, 0.15) is 18.4 Å². The maximum absolute atomic E-state index is 13.0. The Morgan fingerprint density at radius 3 is 2.24 bits per heavy atom. The number of nitrogens with one attached hydrogen (secondary N) is 2. The predicted molar refractivity (Wildman–Crippen MR) is 125 cm³/mol. The van der Waals surface area contributed by atoms with Crippen LogP contribution in [0.3, 0.4) is 0 Å². The quantitative estimate of drug-likeness (QED) is 0.401. The van der Waals surface area contributed by atoms with Gasteiger partial charge in [0, 0.05) is 13.1 Å². The Kier molecular flexibility index (Phi) is 8.42. The van der Waals surface area contributed by atoms with Crippen LogP contribution in [-0.4, -0.2) is 69.0 Å². The van der Waals surface area contributed by atoms with Crippen molar-refractivity contribution in [2.24, 2.45) is 0 Å². The Hall–Kier alpha value is -2.80. The third-order valence-electron chi connectivity index (χ3n) is 5.48. The molecule has 0 saturated carbocycles. The molecule has 1 unspecified atom stereocenters. The van der Waals surface area contributed by atoms with Crippen molar-refractivity contribution in [3.63, 3.8) is 0 Å². The second-order valence-corrected chi connectivity index (χ2v) is 11.7. The summed E-state index contributed by atoms with van der Waals surface area (Å²) in [4.78, 5) is 24.5. The van der Waals surface area contributed by atoms with Gasteiger partial charge in [0.05, 0.1) is 10.6 Å². The molecule has 1 fully saturated rings. The van der Waals surface area contributed by atoms with Crippen molar-refractivity contribution in [2.45, 2.75) is 36.2 Å². The number of carboxylic acids is 1. The molecule has 0 spiro atoms. The first-order valence-electron chi connectivity index (χ1n) is 10.7. The molecule has 184 valence electrons. The Labute approximate surface area is 199 Å². The summed E-state index contributed by atoms with van der Waals surface area (Å²) in [6.07, 6.45) is 0.912. The summed E-state index contributed by atoms with van der Waals surface area (Å²) < 4.78 is 53.8. The summed E-state index contributed by atoms with van der Waals surface area (Å²) in [5.74, 6) is -2.47. The highest BCUT2D eigenvalue weighted by atomic mass is 32.2. The first-order valence-corrected chi connectivity index (χ1v) is 13.8. The zero-order chi connectivity index (χ0) is 24.8. The molecule has 2 atom stereocenters. The first-order chi connectivity index (χ1) is 16.1. The molecule has 1 heterocycles. The van der Waals surface area contributed by atoms with E-state index in [1.54, 1.807) is 42.5 Å². The summed E-state index contributed by atoms with van der Waals surface area (Å²) in [6.45, 7) is -0.435. The van der Waals surface area contributed by atoms with Crippen LogP contribution in [0.25, 0.3) is 0 Å². The molecule has 3 N–H and O–H groups in total. The number of carbonyl (C=O) groups is 2. The Balaban J connectivity index is 1.62. The Bertz CT molecular complexity index is 1200. The van der Waals surface area contributed by atoms with Crippen LogP contribution in [0.4, 0.5) is 0 Å². The number of hydrogen-bond donors (Lipinski definition) is 3. The molecular formula is C22H27N3O7S2. The molecule has 0 aliphatic carbocycles. The van der Waals surface area contributed by atoms with Crippen LogP contribution < -0.4 is 10.0 Å². The summed E-state index contributed by atoms with van der Waals surface area (Å²) in [6, 6.07) is 14.0. The zero-order valence-corrected chi connectivity index (χ0v) is 20.0. The molecule has 0 aromatic heterocycles. The summed E-state index contributed by atoms with van der Waals surface area (Å²) in [5, 5.41) is 11.8. The van der Waals surface area contributed by atoms with Gasteiger partial charge in [-0.1, -0.05) is 48.5 Å². The van der Waals surface area contributed by atoms with Gasteiger partial charge in [-0.25, -0.2) is 26.4 Å². The van der Waals surface area contributed by atoms with E-state index >= 15 is 0 Å². The minimum atomic E-state index is -3.94. The molecule has 2 aromatic rings. The number of amides is 1. The van der Waals surface area contributed by atoms with Crippen molar-refractivity contribution in [1.29, 1.82) is 0 Å². The van der Waals surface area contributed by atoms with Crippen LogP contribution in [0.5, 0.6) is 0 Å². The molecule has 0 bridgehead atoms. The lowest BCUT2D eigenvalue weighted by atomic mass is 10.2. The van der Waals surface area contributed by atoms with E-state index in [0.29, 0.717) is 6.42 Å². The molecule has 10 nitrogen and oxygen atoms in total. The van der Waals surface area contributed by atoms with Gasteiger partial charge in [-0.2, -0.15) is 4.31 Å². The number of carbonyl (C=O) groups excluding carboxylic acids is 1. The van der Waals surface area contributed by atoms with Crippen LogP contribution in [0.2, 0.25) is 0 Å². The number of nitrogens with zero attached hydrogens (tertiary/aromatic N) is 1. The standard InChI is InChI=1S/C22H27N3O7S2/c26-21(20-12-7-14-25(20)34(31,32)18-10-5-2-6-11-18)24-19(22(27)28)16-23-33(29,30)15-13-17-8-3-1-4-9-17/h1-6,8-11,19-20,23H,7,12-16H2,(H,24,26)(H,27,28)/t19-,20?/m0/s1. The highest BCUT2D eigenvalue weighted by molar-refractivity contribution is 7.89. The monoisotopic (exact) mass is 509 g/mol. The van der Waals surface area contributed by atoms with Gasteiger partial charge in [0.2, 0.25) is 26.0 Å². The maximum atomic E-state index is 13.0. The summed E-state index contributed by atoms with van der Waals surface area (Å²) in [5.41, 5.74) is 0.817. The van der Waals surface area contributed by atoms with Gasteiger partial charge in [-0.3, -0.25) is 4.79 Å². The maximum Gasteiger partial charge on any atom is 0.327 e. The lowest BCUT2D eigenvalue weighted by Gasteiger charge is -2.25. The molecule has 2 aromatic carbocycles. The van der Waals surface area contributed by atoms with Crippen LogP contribution in [-0.2, 0) is 36.1 Å². The topological polar surface area (TPSA) is 150 Å². The number of aryl methyl sites for hydroxylation is 1. The molecule has 1 amide bonds. The lowest BCUT2D eigenvalue weighted by molar-refractivity contribution is -0.142. The van der Waals surface area contributed by atoms with Gasteiger partial charge < -0.3 is 10.4 Å². The lowest BCUT2D eigenvalue weighted by Crippen LogP contribution is -2.54. The van der Waals surface area contributed by atoms with Gasteiger partial charge in [0.1, 0.15) is 12.1 Å². The van der Waals surface area contributed by atoms with Gasteiger partial charge >= 0.3 is 5.97 Å². The van der Waals surface area contributed by atoms with Crippen LogP contribution in [0, 0.1) is 0 Å². The van der Waals surface area contributed by atoms with Crippen molar-refractivity contribution in [2.75, 3.05) is 18.8 Å². The molecule has 34 heavy (non-hydrogen) atoms. The van der Waals surface area contributed by atoms with E-state index in [2.05, 4.69) is 10.0 Å². The fourth-order valence-electron chi connectivity index (χ4n) is 3.67. The minimum absolute atomic E-state index is 0.0376. The van der Waals surface area contributed by atoms with E-state index in [-0.39, 0.29) is 30.0 Å². The molecule has 0 radical (unpaired) electrons. The number of carboxylic acid groups (broad SMARTS) is 1. The number of hydrogen-bond acceptors (Lipinski definition) is 6. The average Bonchev–Trinajstić information content (AvgIpc) is 3.33. The number of aliphatic carboxylic acids is 1. The zero-order valence-electron chi connectivity index (χ0n) is 18.3. The second kappa shape index (κ2) is 11.1. The van der Waals surface area contributed by atoms with Crippen molar-refractivity contribution < 1.29 is 31.5 Å². The molecule has 1 aliphatic rings. The predicted octanol–water partition coefficient (Wildman–Crippen LogP) is 0.571. The molecule has 3 rings (SSSR count). The normalized spacial score (nSPS) is 17.8. The average molecular weight is 510 g/mol. The van der Waals surface area contributed by atoms with Crippen molar-refractivity contribution in [3.05, 3.63) is 66.2 Å². The van der Waals surface area contributed by atoms with E-state index in [4.69, 9.17) is 0 Å². The third-order valence-corrected chi connectivity index (χ3v) is 8.75. The number of rotatable bonds is 11. The summed E-state index contributed by atoms with van der Waals surface area (Å²) >= 11 is 0. The third kappa shape index (κ3) is 6.63. The fraction of sp³-hybridized carbons (Fsp3) is 0.364. The SMILES string of the molecule is O=C(N[C@@H](CNS(=O)(=O)CCc1ccccc1)C(=O)O)C1CCCN1S(=O)(=O)c1ccccc1. The van der Waals surface area contributed by atoms with E-state index in [9.17, 15) is 31.5 Å². The van der Waals surface area contributed by atoms with Crippen molar-refractivity contribution in [3.8, 4) is 0 Å². The van der Waals surface area contributed by atoms with Gasteiger partial charge in [0.25, 0.3) is 0 Å². The first kappa shape index (κ1) is 25.8. The number of sulfonamides is 2. The molecule has 1 saturated heterocycles. The molecule has 1 aliphatic heterocycles. The Morgan fingerprint density at radius 2 is 1.62 bits per heavy atom. The second-order valence-electron chi connectivity index (χ2n) is 7.89. The van der Waals surface area contributed by atoms with Crippen LogP contribution >= 0.6 is 0 Å². The van der Waals surface area contributed by atoms with E-state index < -0.39 is 50.6 Å². The van der Waals surface area contributed by atoms with Gasteiger partial charge in [-0.15, -0.1) is 0 Å². The minimum Gasteiger partial charge on any atom is -0.480 e. The van der Waals surface area contributed by atoms with E-state index in [1.807, 2.05) is 6.07 Å². The summed E-state index contributed by atoms with van der Waals surface area (Å²) in [7, 11) is -7.75. The highest BCUT2D eigenvalue weighted by Crippen LogP contribution is 2.26. The van der Waals surface area contributed by atoms with Crippen molar-refractivity contribution in [1.82, 2.24) is 14.3 Å².